The number of rotatable bonds is 4. The lowest BCUT2D eigenvalue weighted by molar-refractivity contribution is -0.152. The van der Waals surface area contributed by atoms with Crippen LogP contribution in [0.25, 0.3) is 0 Å². The van der Waals surface area contributed by atoms with Gasteiger partial charge in [0.1, 0.15) is 11.9 Å². The molecule has 0 aliphatic carbocycles. The molecule has 0 amide bonds. The Bertz CT molecular complexity index is 1000. The molecule has 0 N–H and O–H groups in total. The normalized spacial score (nSPS) is 25.8. The summed E-state index contributed by atoms with van der Waals surface area (Å²) in [5, 5.41) is 1.95. The molecule has 0 radical (unpaired) electrons. The quantitative estimate of drug-likeness (QED) is 0.732. The van der Waals surface area contributed by atoms with E-state index in [2.05, 4.69) is 4.98 Å². The van der Waals surface area contributed by atoms with Gasteiger partial charge >= 0.3 is 6.18 Å². The van der Waals surface area contributed by atoms with Crippen molar-refractivity contribution in [2.45, 2.75) is 57.1 Å². The van der Waals surface area contributed by atoms with Gasteiger partial charge in [0.05, 0.1) is 18.8 Å². The van der Waals surface area contributed by atoms with Gasteiger partial charge in [-0.25, -0.2) is 0 Å². The van der Waals surface area contributed by atoms with Crippen LogP contribution in [0.3, 0.4) is 0 Å². The highest BCUT2D eigenvalue weighted by Gasteiger charge is 2.47. The number of nitrogens with zero attached hydrogens (tertiary/aromatic N) is 4. The fraction of sp³-hybridized carbons (Fsp3) is 0.600. The zero-order valence-corrected chi connectivity index (χ0v) is 17.4. The summed E-state index contributed by atoms with van der Waals surface area (Å²) < 4.78 is 48.6. The van der Waals surface area contributed by atoms with E-state index in [9.17, 15) is 18.0 Å². The van der Waals surface area contributed by atoms with E-state index in [0.717, 1.165) is 16.9 Å². The lowest BCUT2D eigenvalue weighted by Gasteiger charge is -2.39. The number of aromatic nitrogens is 2. The molecule has 0 aromatic carbocycles. The van der Waals surface area contributed by atoms with Crippen LogP contribution >= 0.6 is 11.3 Å². The van der Waals surface area contributed by atoms with Gasteiger partial charge in [0.25, 0.3) is 5.56 Å². The number of anilines is 2. The Hall–Kier alpha value is -2.07. The summed E-state index contributed by atoms with van der Waals surface area (Å²) in [6.07, 6.45) is -3.07. The summed E-state index contributed by atoms with van der Waals surface area (Å²) in [5.74, 6) is 0.589. The summed E-state index contributed by atoms with van der Waals surface area (Å²) >= 11 is 1.54. The molecule has 162 valence electrons. The van der Waals surface area contributed by atoms with E-state index in [4.69, 9.17) is 4.74 Å². The molecule has 2 fully saturated rings. The Morgan fingerprint density at radius 1 is 1.37 bits per heavy atom. The maximum atomic E-state index is 13.9. The number of alkyl halides is 3. The summed E-state index contributed by atoms with van der Waals surface area (Å²) in [4.78, 5) is 21.8. The fourth-order valence-electron chi connectivity index (χ4n) is 4.76. The SMILES string of the molecule is Cc1ccsc1CCN1c2nc(N3C[C@@H]4C[C@H]3CO4)cc(=O)n2CC[C@H]1C(F)(F)F. The Balaban J connectivity index is 1.51. The predicted molar refractivity (Wildman–Crippen MR) is 109 cm³/mol. The minimum Gasteiger partial charge on any atom is -0.374 e. The molecule has 2 aromatic heterocycles. The van der Waals surface area contributed by atoms with Crippen LogP contribution in [-0.4, -0.2) is 53.6 Å². The van der Waals surface area contributed by atoms with Gasteiger partial charge in [0.15, 0.2) is 0 Å². The van der Waals surface area contributed by atoms with Crippen molar-refractivity contribution < 1.29 is 17.9 Å². The second kappa shape index (κ2) is 7.26. The molecule has 6 nitrogen and oxygen atoms in total. The number of thiophene rings is 1. The van der Waals surface area contributed by atoms with Crippen molar-refractivity contribution in [1.29, 1.82) is 0 Å². The maximum absolute atomic E-state index is 13.9. The van der Waals surface area contributed by atoms with Gasteiger partial charge in [0, 0.05) is 30.6 Å². The Labute approximate surface area is 175 Å². The second-order valence-corrected chi connectivity index (χ2v) is 9.22. The van der Waals surface area contributed by atoms with Crippen molar-refractivity contribution in [1.82, 2.24) is 9.55 Å². The average molecular weight is 440 g/mol. The van der Waals surface area contributed by atoms with E-state index < -0.39 is 12.2 Å². The molecule has 5 heterocycles. The van der Waals surface area contributed by atoms with Gasteiger partial charge in [-0.05, 0) is 43.2 Å². The monoisotopic (exact) mass is 440 g/mol. The first kappa shape index (κ1) is 19.9. The number of hydrogen-bond acceptors (Lipinski definition) is 6. The summed E-state index contributed by atoms with van der Waals surface area (Å²) in [6.45, 7) is 3.34. The summed E-state index contributed by atoms with van der Waals surface area (Å²) in [7, 11) is 0. The zero-order chi connectivity index (χ0) is 21.0. The van der Waals surface area contributed by atoms with Crippen LogP contribution in [0, 0.1) is 6.92 Å². The smallest absolute Gasteiger partial charge is 0.374 e. The molecule has 3 atom stereocenters. The van der Waals surface area contributed by atoms with Crippen LogP contribution in [0.1, 0.15) is 23.3 Å². The van der Waals surface area contributed by atoms with Gasteiger partial charge in [-0.1, -0.05) is 0 Å². The maximum Gasteiger partial charge on any atom is 0.408 e. The van der Waals surface area contributed by atoms with Crippen LogP contribution < -0.4 is 15.4 Å². The zero-order valence-electron chi connectivity index (χ0n) is 16.6. The fourth-order valence-corrected chi connectivity index (χ4v) is 5.66. The standard InChI is InChI=1S/C20H23F3N4O2S/c1-12-4-7-30-15(12)2-5-25-16(20(21,22)23)3-6-26-18(28)9-17(24-19(25)26)27-10-14-8-13(27)11-29-14/h4,7,9,13-14,16H,2-3,5-6,8,10-11H2,1H3/t13-,14-,16-/m0/s1. The highest BCUT2D eigenvalue weighted by atomic mass is 32.1. The van der Waals surface area contributed by atoms with Crippen LogP contribution in [0.5, 0.6) is 0 Å². The molecule has 2 bridgehead atoms. The van der Waals surface area contributed by atoms with Crippen molar-refractivity contribution >= 4 is 23.1 Å². The Morgan fingerprint density at radius 3 is 2.83 bits per heavy atom. The Morgan fingerprint density at radius 2 is 2.20 bits per heavy atom. The van der Waals surface area contributed by atoms with Gasteiger partial charge < -0.3 is 14.5 Å². The van der Waals surface area contributed by atoms with Gasteiger partial charge in [-0.15, -0.1) is 11.3 Å². The Kier molecular flexibility index (Phi) is 4.81. The minimum atomic E-state index is -4.38. The predicted octanol–water partition coefficient (Wildman–Crippen LogP) is 2.97. The molecule has 0 unspecified atom stereocenters. The lowest BCUT2D eigenvalue weighted by Crippen LogP contribution is -2.53. The highest BCUT2D eigenvalue weighted by Crippen LogP contribution is 2.36. The number of aryl methyl sites for hydroxylation is 1. The van der Waals surface area contributed by atoms with Crippen LogP contribution in [0.15, 0.2) is 22.3 Å². The number of halogens is 3. The van der Waals surface area contributed by atoms with Gasteiger partial charge in [0.2, 0.25) is 5.95 Å². The molecule has 3 aliphatic rings. The number of fused-ring (bicyclic) bond motifs is 3. The van der Waals surface area contributed by atoms with E-state index in [1.165, 1.54) is 15.5 Å². The molecule has 0 saturated carbocycles. The third-order valence-electron chi connectivity index (χ3n) is 6.35. The molecule has 2 saturated heterocycles. The molecule has 10 heteroatoms. The molecule has 3 aliphatic heterocycles. The van der Waals surface area contributed by atoms with E-state index in [0.29, 0.717) is 25.4 Å². The molecular weight excluding hydrogens is 417 g/mol. The summed E-state index contributed by atoms with van der Waals surface area (Å²) in [6, 6.07) is 1.92. The molecular formula is C20H23F3N4O2S. The third kappa shape index (κ3) is 3.39. The van der Waals surface area contributed by atoms with E-state index in [1.807, 2.05) is 23.3 Å². The van der Waals surface area contributed by atoms with Crippen molar-refractivity contribution in [3.63, 3.8) is 0 Å². The molecule has 0 spiro atoms. The van der Waals surface area contributed by atoms with Crippen molar-refractivity contribution in [2.75, 3.05) is 29.5 Å². The van der Waals surface area contributed by atoms with E-state index >= 15 is 0 Å². The number of morpholine rings is 1. The topological polar surface area (TPSA) is 50.6 Å². The van der Waals surface area contributed by atoms with E-state index in [-0.39, 0.29) is 43.2 Å². The third-order valence-corrected chi connectivity index (χ3v) is 7.44. The van der Waals surface area contributed by atoms with Crippen molar-refractivity contribution in [2.24, 2.45) is 0 Å². The first-order valence-electron chi connectivity index (χ1n) is 10.2. The van der Waals surface area contributed by atoms with Crippen LogP contribution in [0.4, 0.5) is 24.9 Å². The first-order valence-corrected chi connectivity index (χ1v) is 11.1. The average Bonchev–Trinajstić information content (AvgIpc) is 3.42. The minimum absolute atomic E-state index is 0.0231. The largest absolute Gasteiger partial charge is 0.408 e. The summed E-state index contributed by atoms with van der Waals surface area (Å²) in [5.41, 5.74) is 0.782. The highest BCUT2D eigenvalue weighted by molar-refractivity contribution is 7.10. The van der Waals surface area contributed by atoms with Gasteiger partial charge in [-0.3, -0.25) is 9.36 Å². The van der Waals surface area contributed by atoms with Crippen LogP contribution in [-0.2, 0) is 17.7 Å². The van der Waals surface area contributed by atoms with Gasteiger partial charge in [-0.2, -0.15) is 18.2 Å². The first-order chi connectivity index (χ1) is 14.3. The molecule has 30 heavy (non-hydrogen) atoms. The second-order valence-electron chi connectivity index (χ2n) is 8.22. The molecule has 2 aromatic rings. The van der Waals surface area contributed by atoms with Crippen molar-refractivity contribution in [3.8, 4) is 0 Å². The number of hydrogen-bond donors (Lipinski definition) is 0. The van der Waals surface area contributed by atoms with Crippen molar-refractivity contribution in [3.05, 3.63) is 38.3 Å². The molecule has 5 rings (SSSR count). The van der Waals surface area contributed by atoms with E-state index in [1.54, 1.807) is 11.3 Å². The number of ether oxygens (including phenoxy) is 1. The lowest BCUT2D eigenvalue weighted by atomic mass is 10.1. The van der Waals surface area contributed by atoms with Crippen LogP contribution in [0.2, 0.25) is 0 Å².